The van der Waals surface area contributed by atoms with Gasteiger partial charge in [-0.1, -0.05) is 26.0 Å². The van der Waals surface area contributed by atoms with Crippen LogP contribution in [-0.4, -0.2) is 27.0 Å². The average molecular weight is 347 g/mol. The van der Waals surface area contributed by atoms with E-state index < -0.39 is 10.0 Å². The number of halogens is 1. The maximum atomic E-state index is 12.4. The van der Waals surface area contributed by atoms with E-state index in [-0.39, 0.29) is 24.5 Å². The second-order valence-corrected chi connectivity index (χ2v) is 8.07. The zero-order valence-corrected chi connectivity index (χ0v) is 15.1. The lowest BCUT2D eigenvalue weighted by atomic mass is 10.0. The van der Waals surface area contributed by atoms with Gasteiger partial charge in [0.05, 0.1) is 4.90 Å². The van der Waals surface area contributed by atoms with Crippen molar-refractivity contribution in [3.8, 4) is 0 Å². The van der Waals surface area contributed by atoms with Crippen LogP contribution in [0.15, 0.2) is 29.2 Å². The topological polar surface area (TPSA) is 58.2 Å². The molecule has 0 bridgehead atoms. The Hall–Kier alpha value is -0.620. The maximum absolute atomic E-state index is 12.4. The molecule has 1 aromatic carbocycles. The molecule has 1 aromatic rings. The molecule has 0 saturated carbocycles. The second-order valence-electron chi connectivity index (χ2n) is 6.35. The van der Waals surface area contributed by atoms with Gasteiger partial charge in [-0.3, -0.25) is 0 Å². The Kier molecular flexibility index (Phi) is 7.32. The summed E-state index contributed by atoms with van der Waals surface area (Å²) in [5.74, 6) is 0.569. The molecule has 0 radical (unpaired) electrons. The lowest BCUT2D eigenvalue weighted by Crippen LogP contribution is -2.51. The summed E-state index contributed by atoms with van der Waals surface area (Å²) < 4.78 is 27.7. The maximum Gasteiger partial charge on any atom is 0.240 e. The van der Waals surface area contributed by atoms with Gasteiger partial charge in [0.15, 0.2) is 0 Å². The predicted molar refractivity (Wildman–Crippen MR) is 93.0 cm³/mol. The van der Waals surface area contributed by atoms with E-state index in [1.807, 2.05) is 19.1 Å². The highest BCUT2D eigenvalue weighted by Crippen LogP contribution is 2.16. The van der Waals surface area contributed by atoms with Crippen molar-refractivity contribution in [1.29, 1.82) is 0 Å². The third-order valence-corrected chi connectivity index (χ3v) is 5.45. The van der Waals surface area contributed by atoms with E-state index in [1.54, 1.807) is 12.1 Å². The van der Waals surface area contributed by atoms with Gasteiger partial charge in [0, 0.05) is 12.1 Å². The molecule has 2 N–H and O–H groups in total. The van der Waals surface area contributed by atoms with E-state index in [4.69, 9.17) is 0 Å². The largest absolute Gasteiger partial charge is 0.313 e. The van der Waals surface area contributed by atoms with E-state index >= 15 is 0 Å². The van der Waals surface area contributed by atoms with E-state index in [9.17, 15) is 8.42 Å². The molecule has 1 aliphatic heterocycles. The lowest BCUT2D eigenvalue weighted by molar-refractivity contribution is 0.349. The summed E-state index contributed by atoms with van der Waals surface area (Å²) in [4.78, 5) is 0.354. The first kappa shape index (κ1) is 19.4. The van der Waals surface area contributed by atoms with Crippen LogP contribution in [0.25, 0.3) is 0 Å². The molecule has 0 aromatic heterocycles. The van der Waals surface area contributed by atoms with Crippen molar-refractivity contribution in [2.45, 2.75) is 57.0 Å². The molecular weight excluding hydrogens is 320 g/mol. The third-order valence-electron chi connectivity index (χ3n) is 3.95. The van der Waals surface area contributed by atoms with Gasteiger partial charge in [-0.2, -0.15) is 0 Å². The lowest BCUT2D eigenvalue weighted by Gasteiger charge is -2.30. The van der Waals surface area contributed by atoms with Gasteiger partial charge in [0.1, 0.15) is 0 Å². The predicted octanol–water partition coefficient (Wildman–Crippen LogP) is 2.73. The number of rotatable bonds is 5. The van der Waals surface area contributed by atoms with E-state index in [1.165, 1.54) is 5.56 Å². The SMILES string of the molecule is CC(C)Cc1ccc(S(=O)(=O)NC2CCCNC2C)cc1.Cl. The minimum atomic E-state index is -3.43. The van der Waals surface area contributed by atoms with Crippen LogP contribution >= 0.6 is 12.4 Å². The Morgan fingerprint density at radius 2 is 1.91 bits per heavy atom. The third kappa shape index (κ3) is 5.23. The number of hydrogen-bond acceptors (Lipinski definition) is 3. The number of nitrogens with one attached hydrogen (secondary N) is 2. The van der Waals surface area contributed by atoms with Gasteiger partial charge in [-0.15, -0.1) is 12.4 Å². The van der Waals surface area contributed by atoms with E-state index in [2.05, 4.69) is 23.9 Å². The van der Waals surface area contributed by atoms with Crippen molar-refractivity contribution in [2.24, 2.45) is 5.92 Å². The highest BCUT2D eigenvalue weighted by atomic mass is 35.5. The number of hydrogen-bond donors (Lipinski definition) is 2. The summed E-state index contributed by atoms with van der Waals surface area (Å²) in [7, 11) is -3.43. The molecule has 4 nitrogen and oxygen atoms in total. The Morgan fingerprint density at radius 3 is 2.45 bits per heavy atom. The second kappa shape index (κ2) is 8.29. The van der Waals surface area contributed by atoms with Crippen molar-refractivity contribution in [2.75, 3.05) is 6.54 Å². The van der Waals surface area contributed by atoms with Crippen LogP contribution in [-0.2, 0) is 16.4 Å². The van der Waals surface area contributed by atoms with Crippen molar-refractivity contribution < 1.29 is 8.42 Å². The normalized spacial score (nSPS) is 22.4. The van der Waals surface area contributed by atoms with Gasteiger partial charge < -0.3 is 5.32 Å². The van der Waals surface area contributed by atoms with Crippen LogP contribution in [0.4, 0.5) is 0 Å². The summed E-state index contributed by atoms with van der Waals surface area (Å²) in [6.45, 7) is 7.30. The number of piperidine rings is 1. The molecule has 2 rings (SSSR count). The molecule has 126 valence electrons. The molecule has 22 heavy (non-hydrogen) atoms. The molecule has 1 aliphatic rings. The van der Waals surface area contributed by atoms with Crippen LogP contribution in [0.1, 0.15) is 39.2 Å². The number of sulfonamides is 1. The van der Waals surface area contributed by atoms with Crippen molar-refractivity contribution in [3.63, 3.8) is 0 Å². The highest BCUT2D eigenvalue weighted by molar-refractivity contribution is 7.89. The smallest absolute Gasteiger partial charge is 0.240 e. The van der Waals surface area contributed by atoms with Crippen molar-refractivity contribution >= 4 is 22.4 Å². The van der Waals surface area contributed by atoms with Crippen LogP contribution in [0.3, 0.4) is 0 Å². The Morgan fingerprint density at radius 1 is 1.27 bits per heavy atom. The first-order valence-electron chi connectivity index (χ1n) is 7.73. The quantitative estimate of drug-likeness (QED) is 0.861. The fraction of sp³-hybridized carbons (Fsp3) is 0.625. The van der Waals surface area contributed by atoms with Crippen LogP contribution in [0, 0.1) is 5.92 Å². The fourth-order valence-corrected chi connectivity index (χ4v) is 4.10. The van der Waals surface area contributed by atoms with Crippen LogP contribution < -0.4 is 10.0 Å². The minimum Gasteiger partial charge on any atom is -0.313 e. The van der Waals surface area contributed by atoms with Crippen molar-refractivity contribution in [1.82, 2.24) is 10.0 Å². The Labute approximate surface area is 140 Å². The number of benzene rings is 1. The summed E-state index contributed by atoms with van der Waals surface area (Å²) in [6, 6.07) is 7.39. The molecule has 1 heterocycles. The molecule has 2 atom stereocenters. The summed E-state index contributed by atoms with van der Waals surface area (Å²) >= 11 is 0. The van der Waals surface area contributed by atoms with E-state index in [0.717, 1.165) is 25.8 Å². The first-order chi connectivity index (χ1) is 9.88. The zero-order valence-electron chi connectivity index (χ0n) is 13.5. The molecule has 1 fully saturated rings. The molecule has 0 aliphatic carbocycles. The summed E-state index contributed by atoms with van der Waals surface area (Å²) in [5.41, 5.74) is 1.18. The van der Waals surface area contributed by atoms with Gasteiger partial charge in [-0.25, -0.2) is 13.1 Å². The average Bonchev–Trinajstić information content (AvgIpc) is 2.41. The highest BCUT2D eigenvalue weighted by Gasteiger charge is 2.26. The molecule has 1 saturated heterocycles. The van der Waals surface area contributed by atoms with E-state index in [0.29, 0.717) is 10.8 Å². The zero-order chi connectivity index (χ0) is 15.5. The summed E-state index contributed by atoms with van der Waals surface area (Å²) in [6.07, 6.45) is 2.86. The van der Waals surface area contributed by atoms with Gasteiger partial charge in [0.25, 0.3) is 0 Å². The molecule has 0 spiro atoms. The van der Waals surface area contributed by atoms with Gasteiger partial charge >= 0.3 is 0 Å². The van der Waals surface area contributed by atoms with Gasteiger partial charge in [-0.05, 0) is 56.3 Å². The molecule has 6 heteroatoms. The monoisotopic (exact) mass is 346 g/mol. The van der Waals surface area contributed by atoms with Crippen molar-refractivity contribution in [3.05, 3.63) is 29.8 Å². The Balaban J connectivity index is 0.00000242. The Bertz CT molecular complexity index is 558. The summed E-state index contributed by atoms with van der Waals surface area (Å²) in [5, 5.41) is 3.31. The standard InChI is InChI=1S/C16H26N2O2S.ClH/c1-12(2)11-14-6-8-15(9-7-14)21(19,20)18-16-5-4-10-17-13(16)3;/h6-9,12-13,16-18H,4-5,10-11H2,1-3H3;1H. The van der Waals surface area contributed by atoms with Gasteiger partial charge in [0.2, 0.25) is 10.0 Å². The van der Waals surface area contributed by atoms with Crippen LogP contribution in [0.2, 0.25) is 0 Å². The van der Waals surface area contributed by atoms with Crippen LogP contribution in [0.5, 0.6) is 0 Å². The molecule has 0 amide bonds. The molecule has 2 unspecified atom stereocenters. The molecular formula is C16H27ClN2O2S. The minimum absolute atomic E-state index is 0. The fourth-order valence-electron chi connectivity index (χ4n) is 2.75. The first-order valence-corrected chi connectivity index (χ1v) is 9.21.